The second kappa shape index (κ2) is 8.72. The third kappa shape index (κ3) is 5.23. The van der Waals surface area contributed by atoms with Crippen molar-refractivity contribution >= 4 is 34.8 Å². The van der Waals surface area contributed by atoms with Crippen LogP contribution in [-0.4, -0.2) is 24.5 Å². The molecule has 2 amide bonds. The number of nitrogens with one attached hydrogen (secondary N) is 1. The highest BCUT2D eigenvalue weighted by Gasteiger charge is 2.20. The van der Waals surface area contributed by atoms with Crippen molar-refractivity contribution in [1.29, 1.82) is 0 Å². The number of carbonyl (C=O) groups excluding carboxylic acids is 2. The van der Waals surface area contributed by atoms with Crippen LogP contribution in [0.5, 0.6) is 5.75 Å². The van der Waals surface area contributed by atoms with Crippen LogP contribution < -0.4 is 15.0 Å². The Morgan fingerprint density at radius 1 is 1.19 bits per heavy atom. The Hall–Kier alpha value is -2.53. The molecule has 6 heteroatoms. The van der Waals surface area contributed by atoms with Crippen molar-refractivity contribution in [3.63, 3.8) is 0 Å². The van der Waals surface area contributed by atoms with E-state index in [9.17, 15) is 9.59 Å². The maximum absolute atomic E-state index is 12.5. The Labute approximate surface area is 158 Å². The quantitative estimate of drug-likeness (QED) is 0.813. The molecule has 138 valence electrons. The van der Waals surface area contributed by atoms with E-state index in [0.717, 1.165) is 5.56 Å². The number of ether oxygens (including phenoxy) is 1. The van der Waals surface area contributed by atoms with Gasteiger partial charge in [0.05, 0.1) is 11.8 Å². The van der Waals surface area contributed by atoms with Crippen LogP contribution in [0.25, 0.3) is 0 Å². The summed E-state index contributed by atoms with van der Waals surface area (Å²) in [4.78, 5) is 26.0. The maximum Gasteiger partial charge on any atom is 0.244 e. The van der Waals surface area contributed by atoms with Crippen LogP contribution in [0.3, 0.4) is 0 Å². The average molecular weight is 375 g/mol. The molecule has 0 radical (unpaired) electrons. The van der Waals surface area contributed by atoms with E-state index in [4.69, 9.17) is 16.3 Å². The summed E-state index contributed by atoms with van der Waals surface area (Å²) >= 11 is 5.94. The van der Waals surface area contributed by atoms with Gasteiger partial charge >= 0.3 is 0 Å². The Kier molecular flexibility index (Phi) is 6.64. The molecule has 26 heavy (non-hydrogen) atoms. The van der Waals surface area contributed by atoms with Gasteiger partial charge in [-0.3, -0.25) is 14.5 Å². The second-order valence-electron chi connectivity index (χ2n) is 6.25. The van der Waals surface area contributed by atoms with Crippen molar-refractivity contribution in [2.24, 2.45) is 0 Å². The molecule has 0 fully saturated rings. The molecule has 0 heterocycles. The Morgan fingerprint density at radius 3 is 2.50 bits per heavy atom. The first kappa shape index (κ1) is 19.8. The van der Waals surface area contributed by atoms with Crippen LogP contribution in [0.15, 0.2) is 42.5 Å². The van der Waals surface area contributed by atoms with Gasteiger partial charge in [0.1, 0.15) is 12.3 Å². The Bertz CT molecular complexity index is 805. The second-order valence-corrected chi connectivity index (χ2v) is 6.68. The SMILES string of the molecule is CC(=O)N(CC(=O)Nc1ccc(Cl)cc1C)c1ccccc1OC(C)C. The molecular formula is C20H23ClN2O3. The zero-order valence-corrected chi connectivity index (χ0v) is 16.1. The van der Waals surface area contributed by atoms with Crippen molar-refractivity contribution in [1.82, 2.24) is 0 Å². The van der Waals surface area contributed by atoms with Gasteiger partial charge in [0.2, 0.25) is 11.8 Å². The van der Waals surface area contributed by atoms with E-state index in [2.05, 4.69) is 5.32 Å². The van der Waals surface area contributed by atoms with Crippen LogP contribution in [-0.2, 0) is 9.59 Å². The first-order valence-corrected chi connectivity index (χ1v) is 8.75. The number of hydrogen-bond donors (Lipinski definition) is 1. The lowest BCUT2D eigenvalue weighted by Crippen LogP contribution is -2.37. The molecular weight excluding hydrogens is 352 g/mol. The number of anilines is 2. The predicted octanol–water partition coefficient (Wildman–Crippen LogP) is 4.43. The number of aryl methyl sites for hydroxylation is 1. The standard InChI is InChI=1S/C20H23ClN2O3/c1-13(2)26-19-8-6-5-7-18(19)23(15(4)24)12-20(25)22-17-10-9-16(21)11-14(17)3/h5-11,13H,12H2,1-4H3,(H,22,25). The number of amides is 2. The molecule has 0 aliphatic heterocycles. The van der Waals surface area contributed by atoms with Crippen LogP contribution in [0, 0.1) is 6.92 Å². The molecule has 0 aliphatic carbocycles. The normalized spacial score (nSPS) is 10.5. The molecule has 1 N–H and O–H groups in total. The van der Waals surface area contributed by atoms with E-state index in [0.29, 0.717) is 22.1 Å². The zero-order valence-electron chi connectivity index (χ0n) is 15.4. The van der Waals surface area contributed by atoms with Gasteiger partial charge < -0.3 is 10.1 Å². The Balaban J connectivity index is 2.21. The summed E-state index contributed by atoms with van der Waals surface area (Å²) in [6.45, 7) is 6.98. The molecule has 5 nitrogen and oxygen atoms in total. The molecule has 0 saturated carbocycles. The minimum absolute atomic E-state index is 0.0458. The van der Waals surface area contributed by atoms with Crippen LogP contribution in [0.4, 0.5) is 11.4 Å². The molecule has 0 aliphatic rings. The molecule has 0 unspecified atom stereocenters. The molecule has 0 aromatic heterocycles. The van der Waals surface area contributed by atoms with Gasteiger partial charge in [-0.2, -0.15) is 0 Å². The average Bonchev–Trinajstić information content (AvgIpc) is 2.55. The number of benzene rings is 2. The highest BCUT2D eigenvalue weighted by molar-refractivity contribution is 6.30. The largest absolute Gasteiger partial charge is 0.489 e. The van der Waals surface area contributed by atoms with Gasteiger partial charge in [-0.1, -0.05) is 23.7 Å². The molecule has 0 atom stereocenters. The van der Waals surface area contributed by atoms with Gasteiger partial charge in [0, 0.05) is 17.6 Å². The summed E-state index contributed by atoms with van der Waals surface area (Å²) in [5.41, 5.74) is 2.08. The fourth-order valence-electron chi connectivity index (χ4n) is 2.50. The summed E-state index contributed by atoms with van der Waals surface area (Å²) in [5.74, 6) is 0.0194. The van der Waals surface area contributed by atoms with Gasteiger partial charge in [0.25, 0.3) is 0 Å². The number of para-hydroxylation sites is 2. The third-order valence-corrected chi connectivity index (χ3v) is 3.90. The van der Waals surface area contributed by atoms with E-state index in [1.165, 1.54) is 11.8 Å². The number of hydrogen-bond acceptors (Lipinski definition) is 3. The molecule has 2 aromatic carbocycles. The Morgan fingerprint density at radius 2 is 1.88 bits per heavy atom. The highest BCUT2D eigenvalue weighted by Crippen LogP contribution is 2.29. The minimum atomic E-state index is -0.301. The number of rotatable bonds is 6. The number of nitrogens with zero attached hydrogens (tertiary/aromatic N) is 1. The topological polar surface area (TPSA) is 58.6 Å². The molecule has 0 saturated heterocycles. The van der Waals surface area contributed by atoms with E-state index < -0.39 is 0 Å². The lowest BCUT2D eigenvalue weighted by molar-refractivity contribution is -0.120. The maximum atomic E-state index is 12.5. The number of halogens is 1. The van der Waals surface area contributed by atoms with Crippen molar-refractivity contribution in [2.45, 2.75) is 33.8 Å². The van der Waals surface area contributed by atoms with E-state index in [1.54, 1.807) is 36.4 Å². The molecule has 2 aromatic rings. The van der Waals surface area contributed by atoms with Crippen LogP contribution in [0.1, 0.15) is 26.3 Å². The summed E-state index contributed by atoms with van der Waals surface area (Å²) in [7, 11) is 0. The molecule has 0 bridgehead atoms. The zero-order chi connectivity index (χ0) is 19.3. The first-order chi connectivity index (χ1) is 12.3. The van der Waals surface area contributed by atoms with Crippen molar-refractivity contribution < 1.29 is 14.3 Å². The molecule has 0 spiro atoms. The fraction of sp³-hybridized carbons (Fsp3) is 0.300. The van der Waals surface area contributed by atoms with Gasteiger partial charge in [-0.15, -0.1) is 0 Å². The number of carbonyl (C=O) groups is 2. The van der Waals surface area contributed by atoms with Gasteiger partial charge in [-0.25, -0.2) is 0 Å². The van der Waals surface area contributed by atoms with Crippen molar-refractivity contribution in [3.8, 4) is 5.75 Å². The molecule has 2 rings (SSSR count). The van der Waals surface area contributed by atoms with Crippen molar-refractivity contribution in [3.05, 3.63) is 53.1 Å². The summed E-state index contributed by atoms with van der Waals surface area (Å²) in [6.07, 6.45) is -0.0458. The fourth-order valence-corrected chi connectivity index (χ4v) is 2.73. The van der Waals surface area contributed by atoms with Crippen LogP contribution in [0.2, 0.25) is 5.02 Å². The van der Waals surface area contributed by atoms with E-state index in [1.807, 2.05) is 26.8 Å². The minimum Gasteiger partial charge on any atom is -0.489 e. The van der Waals surface area contributed by atoms with Crippen LogP contribution >= 0.6 is 11.6 Å². The van der Waals surface area contributed by atoms with E-state index in [-0.39, 0.29) is 24.5 Å². The first-order valence-electron chi connectivity index (χ1n) is 8.37. The van der Waals surface area contributed by atoms with Gasteiger partial charge in [0.15, 0.2) is 0 Å². The summed E-state index contributed by atoms with van der Waals surface area (Å²) < 4.78 is 5.77. The summed E-state index contributed by atoms with van der Waals surface area (Å²) in [5, 5.41) is 3.42. The van der Waals surface area contributed by atoms with E-state index >= 15 is 0 Å². The third-order valence-electron chi connectivity index (χ3n) is 3.66. The lowest BCUT2D eigenvalue weighted by atomic mass is 10.2. The smallest absolute Gasteiger partial charge is 0.244 e. The van der Waals surface area contributed by atoms with Gasteiger partial charge in [-0.05, 0) is 56.7 Å². The monoisotopic (exact) mass is 374 g/mol. The van der Waals surface area contributed by atoms with Crippen molar-refractivity contribution in [2.75, 3.05) is 16.8 Å². The lowest BCUT2D eigenvalue weighted by Gasteiger charge is -2.24. The summed E-state index contributed by atoms with van der Waals surface area (Å²) in [6, 6.07) is 12.4. The predicted molar refractivity (Wildman–Crippen MR) is 105 cm³/mol. The highest BCUT2D eigenvalue weighted by atomic mass is 35.5.